The molecule has 0 bridgehead atoms. The van der Waals surface area contributed by atoms with Gasteiger partial charge in [0.05, 0.1) is 5.41 Å². The second-order valence-corrected chi connectivity index (χ2v) is 5.07. The van der Waals surface area contributed by atoms with Crippen molar-refractivity contribution in [3.05, 3.63) is 0 Å². The lowest BCUT2D eigenvalue weighted by Crippen LogP contribution is -2.63. The molecule has 0 aliphatic carbocycles. The third-order valence-electron chi connectivity index (χ3n) is 3.83. The molecule has 2 heterocycles. The Hall–Kier alpha value is -0.570. The van der Waals surface area contributed by atoms with Gasteiger partial charge in [0, 0.05) is 19.6 Å². The Morgan fingerprint density at radius 2 is 1.86 bits per heavy atom. The number of likely N-dealkylation sites (tertiary alicyclic amines) is 2. The van der Waals surface area contributed by atoms with Crippen molar-refractivity contribution in [2.24, 2.45) is 5.41 Å². The van der Waals surface area contributed by atoms with Gasteiger partial charge >= 0.3 is 0 Å². The van der Waals surface area contributed by atoms with Crippen LogP contribution in [0, 0.1) is 5.41 Å². The van der Waals surface area contributed by atoms with Crippen molar-refractivity contribution < 1.29 is 4.79 Å². The maximum Gasteiger partial charge on any atom is 0.230 e. The molecular weight excluding hydrogens is 176 g/mol. The topological polar surface area (TPSA) is 23.6 Å². The van der Waals surface area contributed by atoms with Crippen LogP contribution in [0.4, 0.5) is 0 Å². The summed E-state index contributed by atoms with van der Waals surface area (Å²) < 4.78 is 0. The molecule has 1 amide bonds. The fourth-order valence-electron chi connectivity index (χ4n) is 2.75. The Morgan fingerprint density at radius 1 is 1.29 bits per heavy atom. The van der Waals surface area contributed by atoms with Crippen LogP contribution in [0.2, 0.25) is 0 Å². The normalized spacial score (nSPS) is 27.1. The number of piperidine rings is 1. The quantitative estimate of drug-likeness (QED) is 0.583. The predicted octanol–water partition coefficient (Wildman–Crippen LogP) is 0.949. The summed E-state index contributed by atoms with van der Waals surface area (Å²) in [5, 5.41) is 0. The van der Waals surface area contributed by atoms with Crippen molar-refractivity contribution in [1.82, 2.24) is 9.80 Å². The average molecular weight is 196 g/mol. The average Bonchev–Trinajstić information content (AvgIpc) is 2.18. The van der Waals surface area contributed by atoms with E-state index in [0.717, 1.165) is 32.5 Å². The van der Waals surface area contributed by atoms with Crippen molar-refractivity contribution >= 4 is 5.91 Å². The highest BCUT2D eigenvalue weighted by Gasteiger charge is 2.51. The van der Waals surface area contributed by atoms with Crippen LogP contribution < -0.4 is 0 Å². The minimum absolute atomic E-state index is 0.0418. The predicted molar refractivity (Wildman–Crippen MR) is 56.0 cm³/mol. The molecule has 0 saturated carbocycles. The standard InChI is InChI=1S/C11H20N2O/c1-9(2)13-6-4-11(5-7-13)8-12(3)10(11)14/h9H,4-8H2,1-3H3. The van der Waals surface area contributed by atoms with Crippen LogP contribution in [-0.4, -0.2) is 48.4 Å². The maximum absolute atomic E-state index is 11.7. The number of rotatable bonds is 1. The zero-order valence-corrected chi connectivity index (χ0v) is 9.42. The molecule has 14 heavy (non-hydrogen) atoms. The van der Waals surface area contributed by atoms with Gasteiger partial charge in [-0.1, -0.05) is 0 Å². The maximum atomic E-state index is 11.7. The largest absolute Gasteiger partial charge is 0.344 e. The molecule has 0 aromatic carbocycles. The summed E-state index contributed by atoms with van der Waals surface area (Å²) >= 11 is 0. The number of β-lactam (4-membered cyclic amide) rings is 1. The Balaban J connectivity index is 1.94. The van der Waals surface area contributed by atoms with Crippen LogP contribution in [0.3, 0.4) is 0 Å². The number of carbonyl (C=O) groups excluding carboxylic acids is 1. The molecule has 3 nitrogen and oxygen atoms in total. The number of hydrogen-bond donors (Lipinski definition) is 0. The molecule has 0 unspecified atom stereocenters. The minimum atomic E-state index is 0.0418. The fraction of sp³-hybridized carbons (Fsp3) is 0.909. The van der Waals surface area contributed by atoms with Crippen molar-refractivity contribution in [2.45, 2.75) is 32.7 Å². The van der Waals surface area contributed by atoms with Gasteiger partial charge in [-0.2, -0.15) is 0 Å². The van der Waals surface area contributed by atoms with Gasteiger partial charge in [-0.25, -0.2) is 0 Å². The Labute approximate surface area is 86.1 Å². The summed E-state index contributed by atoms with van der Waals surface area (Å²) in [6.45, 7) is 7.63. The Kier molecular flexibility index (Phi) is 2.30. The number of hydrogen-bond acceptors (Lipinski definition) is 2. The van der Waals surface area contributed by atoms with E-state index in [2.05, 4.69) is 18.7 Å². The van der Waals surface area contributed by atoms with E-state index in [1.165, 1.54) is 0 Å². The zero-order valence-electron chi connectivity index (χ0n) is 9.42. The molecule has 2 aliphatic rings. The molecule has 0 radical (unpaired) electrons. The van der Waals surface area contributed by atoms with Gasteiger partial charge in [0.15, 0.2) is 0 Å². The van der Waals surface area contributed by atoms with E-state index in [1.807, 2.05) is 11.9 Å². The summed E-state index contributed by atoms with van der Waals surface area (Å²) in [7, 11) is 1.91. The van der Waals surface area contributed by atoms with Crippen LogP contribution >= 0.6 is 0 Å². The summed E-state index contributed by atoms with van der Waals surface area (Å²) in [6.07, 6.45) is 2.13. The molecule has 3 heteroatoms. The van der Waals surface area contributed by atoms with Crippen LogP contribution in [0.25, 0.3) is 0 Å². The summed E-state index contributed by atoms with van der Waals surface area (Å²) in [5.74, 6) is 0.376. The molecule has 1 spiro atoms. The molecule has 2 fully saturated rings. The molecule has 2 aliphatic heterocycles. The molecule has 0 N–H and O–H groups in total. The van der Waals surface area contributed by atoms with Gasteiger partial charge in [-0.3, -0.25) is 4.79 Å². The van der Waals surface area contributed by atoms with E-state index >= 15 is 0 Å². The van der Waals surface area contributed by atoms with Gasteiger partial charge < -0.3 is 9.80 Å². The summed E-state index contributed by atoms with van der Waals surface area (Å²) in [6, 6.07) is 0.625. The van der Waals surface area contributed by atoms with Crippen LogP contribution in [-0.2, 0) is 4.79 Å². The van der Waals surface area contributed by atoms with Crippen molar-refractivity contribution in [3.8, 4) is 0 Å². The van der Waals surface area contributed by atoms with Crippen LogP contribution in [0.15, 0.2) is 0 Å². The highest BCUT2D eigenvalue weighted by atomic mass is 16.2. The first kappa shape index (κ1) is 9.97. The van der Waals surface area contributed by atoms with E-state index in [-0.39, 0.29) is 5.41 Å². The van der Waals surface area contributed by atoms with E-state index in [4.69, 9.17) is 0 Å². The molecule has 80 valence electrons. The summed E-state index contributed by atoms with van der Waals surface area (Å²) in [4.78, 5) is 16.0. The SMILES string of the molecule is CC(C)N1CCC2(CC1)CN(C)C2=O. The van der Waals surface area contributed by atoms with Crippen molar-refractivity contribution in [3.63, 3.8) is 0 Å². The Bertz CT molecular complexity index is 242. The lowest BCUT2D eigenvalue weighted by atomic mass is 9.71. The van der Waals surface area contributed by atoms with Gasteiger partial charge in [0.25, 0.3) is 0 Å². The fourth-order valence-corrected chi connectivity index (χ4v) is 2.75. The van der Waals surface area contributed by atoms with Gasteiger partial charge in [-0.05, 0) is 39.8 Å². The monoisotopic (exact) mass is 196 g/mol. The van der Waals surface area contributed by atoms with E-state index in [0.29, 0.717) is 11.9 Å². The van der Waals surface area contributed by atoms with E-state index in [9.17, 15) is 4.79 Å². The van der Waals surface area contributed by atoms with Crippen molar-refractivity contribution in [1.29, 1.82) is 0 Å². The Morgan fingerprint density at radius 3 is 2.21 bits per heavy atom. The smallest absolute Gasteiger partial charge is 0.230 e. The zero-order chi connectivity index (χ0) is 10.3. The second-order valence-electron chi connectivity index (χ2n) is 5.07. The second kappa shape index (κ2) is 3.23. The molecule has 0 aromatic heterocycles. The first-order valence-electron chi connectivity index (χ1n) is 5.55. The lowest BCUT2D eigenvalue weighted by Gasteiger charge is -2.51. The molecule has 0 aromatic rings. The molecular formula is C11H20N2O. The van der Waals surface area contributed by atoms with E-state index < -0.39 is 0 Å². The number of amides is 1. The highest BCUT2D eigenvalue weighted by molar-refractivity contribution is 5.88. The van der Waals surface area contributed by atoms with Crippen molar-refractivity contribution in [2.75, 3.05) is 26.7 Å². The first-order chi connectivity index (χ1) is 6.55. The molecule has 2 rings (SSSR count). The third-order valence-corrected chi connectivity index (χ3v) is 3.83. The van der Waals surface area contributed by atoms with Gasteiger partial charge in [-0.15, -0.1) is 0 Å². The van der Waals surface area contributed by atoms with Crippen LogP contribution in [0.1, 0.15) is 26.7 Å². The molecule has 2 saturated heterocycles. The highest BCUT2D eigenvalue weighted by Crippen LogP contribution is 2.41. The lowest BCUT2D eigenvalue weighted by molar-refractivity contribution is -0.162. The van der Waals surface area contributed by atoms with Gasteiger partial charge in [0.2, 0.25) is 5.91 Å². The third kappa shape index (κ3) is 1.34. The molecule has 0 atom stereocenters. The minimum Gasteiger partial charge on any atom is -0.344 e. The van der Waals surface area contributed by atoms with Crippen LogP contribution in [0.5, 0.6) is 0 Å². The van der Waals surface area contributed by atoms with E-state index in [1.54, 1.807) is 0 Å². The first-order valence-corrected chi connectivity index (χ1v) is 5.55. The summed E-state index contributed by atoms with van der Waals surface area (Å²) in [5.41, 5.74) is 0.0418. The number of nitrogens with zero attached hydrogens (tertiary/aromatic N) is 2. The number of carbonyl (C=O) groups is 1. The van der Waals surface area contributed by atoms with Gasteiger partial charge in [0.1, 0.15) is 0 Å².